The molecule has 0 amide bonds. The van der Waals surface area contributed by atoms with Crippen LogP contribution in [0.25, 0.3) is 103 Å². The van der Waals surface area contributed by atoms with Crippen LogP contribution >= 0.6 is 11.3 Å². The molecular weight excluding hydrogens is 663 g/mol. The number of aromatic nitrogens is 3. The van der Waals surface area contributed by atoms with E-state index in [1.54, 1.807) is 0 Å². The standard InChI is InChI=1S/C49H29N3S/c1-2-12-29(13-3-1)47-36-17-6-9-19-41(36)50-49(51-47)52-42-20-10-7-14-33(42)39-27-31(24-25-43(39)52)30-22-23-32-28-40-45(38(32)26-30)34-15-4-5-16-35(34)46-37-18-8-11-21-44(37)53-48(40)46/h1-27H,28H2. The van der Waals surface area contributed by atoms with Gasteiger partial charge in [-0.05, 0) is 80.6 Å². The molecule has 0 aliphatic heterocycles. The molecule has 0 fully saturated rings. The summed E-state index contributed by atoms with van der Waals surface area (Å²) >= 11 is 1.94. The van der Waals surface area contributed by atoms with E-state index in [-0.39, 0.29) is 0 Å². The SMILES string of the molecule is c1ccc(-c2nc(-n3c4ccccc4c4cc(-c5ccc6c(c5)-c5c(c7sc8ccccc8c7c7ccccc57)C6)ccc43)nc3ccccc23)cc1. The fraction of sp³-hybridized carbons (Fsp3) is 0.0204. The van der Waals surface area contributed by atoms with Gasteiger partial charge in [-0.2, -0.15) is 0 Å². The maximum Gasteiger partial charge on any atom is 0.235 e. The van der Waals surface area contributed by atoms with Crippen LogP contribution in [-0.4, -0.2) is 14.5 Å². The maximum atomic E-state index is 5.27. The Balaban J connectivity index is 1.05. The number of thiophene rings is 1. The molecule has 0 bridgehead atoms. The van der Waals surface area contributed by atoms with Crippen molar-refractivity contribution in [3.8, 4) is 39.5 Å². The molecule has 11 aromatic rings. The molecule has 8 aromatic carbocycles. The molecule has 0 spiro atoms. The van der Waals surface area contributed by atoms with Gasteiger partial charge in [0.1, 0.15) is 0 Å². The highest BCUT2D eigenvalue weighted by molar-refractivity contribution is 7.26. The Morgan fingerprint density at radius 3 is 2.06 bits per heavy atom. The number of nitrogens with zero attached hydrogens (tertiary/aromatic N) is 3. The van der Waals surface area contributed by atoms with E-state index in [1.807, 2.05) is 17.4 Å². The summed E-state index contributed by atoms with van der Waals surface area (Å²) in [5.41, 5.74) is 13.2. The molecule has 1 aliphatic rings. The Bertz CT molecular complexity index is 3320. The third-order valence-electron chi connectivity index (χ3n) is 11.2. The zero-order valence-corrected chi connectivity index (χ0v) is 29.4. The first-order valence-corrected chi connectivity index (χ1v) is 18.9. The van der Waals surface area contributed by atoms with Crippen molar-refractivity contribution in [2.75, 3.05) is 0 Å². The van der Waals surface area contributed by atoms with Crippen LogP contribution in [0.4, 0.5) is 0 Å². The highest BCUT2D eigenvalue weighted by Gasteiger charge is 2.27. The van der Waals surface area contributed by atoms with Crippen LogP contribution in [0.15, 0.2) is 164 Å². The van der Waals surface area contributed by atoms with Crippen LogP contribution in [0.5, 0.6) is 0 Å². The van der Waals surface area contributed by atoms with Gasteiger partial charge in [-0.3, -0.25) is 4.57 Å². The van der Waals surface area contributed by atoms with Crippen LogP contribution in [0.1, 0.15) is 11.1 Å². The average Bonchev–Trinajstić information content (AvgIpc) is 3.91. The van der Waals surface area contributed by atoms with Gasteiger partial charge in [-0.1, -0.05) is 127 Å². The molecule has 0 saturated carbocycles. The first-order valence-electron chi connectivity index (χ1n) is 18.1. The highest BCUT2D eigenvalue weighted by Crippen LogP contribution is 2.51. The Morgan fingerprint density at radius 1 is 0.491 bits per heavy atom. The number of hydrogen-bond acceptors (Lipinski definition) is 3. The molecule has 0 radical (unpaired) electrons. The smallest absolute Gasteiger partial charge is 0.235 e. The molecular formula is C49H29N3S. The zero-order chi connectivity index (χ0) is 34.6. The van der Waals surface area contributed by atoms with Gasteiger partial charge in [-0.15, -0.1) is 11.3 Å². The van der Waals surface area contributed by atoms with Gasteiger partial charge in [0.2, 0.25) is 5.95 Å². The quantitative estimate of drug-likeness (QED) is 0.185. The molecule has 3 heterocycles. The van der Waals surface area contributed by atoms with Crippen molar-refractivity contribution < 1.29 is 0 Å². The maximum absolute atomic E-state index is 5.27. The van der Waals surface area contributed by atoms with E-state index in [2.05, 4.69) is 162 Å². The van der Waals surface area contributed by atoms with Gasteiger partial charge in [0, 0.05) is 48.3 Å². The van der Waals surface area contributed by atoms with Gasteiger partial charge < -0.3 is 0 Å². The second-order valence-corrected chi connectivity index (χ2v) is 15.1. The number of benzene rings is 8. The lowest BCUT2D eigenvalue weighted by Crippen LogP contribution is -2.03. The molecule has 0 unspecified atom stereocenters. The summed E-state index contributed by atoms with van der Waals surface area (Å²) in [5, 5.41) is 8.88. The summed E-state index contributed by atoms with van der Waals surface area (Å²) < 4.78 is 5.02. The van der Waals surface area contributed by atoms with E-state index >= 15 is 0 Å². The molecule has 0 N–H and O–H groups in total. The van der Waals surface area contributed by atoms with Crippen LogP contribution < -0.4 is 0 Å². The van der Waals surface area contributed by atoms with Crippen molar-refractivity contribution in [2.45, 2.75) is 6.42 Å². The molecule has 3 aromatic heterocycles. The first-order chi connectivity index (χ1) is 26.3. The highest BCUT2D eigenvalue weighted by atomic mass is 32.1. The Hall–Kier alpha value is -6.62. The predicted molar refractivity (Wildman–Crippen MR) is 223 cm³/mol. The third kappa shape index (κ3) is 4.15. The van der Waals surface area contributed by atoms with Gasteiger partial charge >= 0.3 is 0 Å². The van der Waals surface area contributed by atoms with Crippen molar-refractivity contribution in [2.24, 2.45) is 0 Å². The molecule has 0 atom stereocenters. The molecule has 0 saturated heterocycles. The van der Waals surface area contributed by atoms with Crippen molar-refractivity contribution in [3.63, 3.8) is 0 Å². The summed E-state index contributed by atoms with van der Waals surface area (Å²) in [4.78, 5) is 10.4. The largest absolute Gasteiger partial charge is 0.278 e. The molecule has 4 heteroatoms. The lowest BCUT2D eigenvalue weighted by Gasteiger charge is -2.12. The van der Waals surface area contributed by atoms with E-state index in [9.17, 15) is 0 Å². The lowest BCUT2D eigenvalue weighted by molar-refractivity contribution is 1.01. The normalized spacial score (nSPS) is 12.5. The molecule has 3 nitrogen and oxygen atoms in total. The van der Waals surface area contributed by atoms with Crippen molar-refractivity contribution >= 4 is 75.0 Å². The summed E-state index contributed by atoms with van der Waals surface area (Å²) in [5.74, 6) is 0.676. The molecule has 246 valence electrons. The molecule has 1 aliphatic carbocycles. The summed E-state index contributed by atoms with van der Waals surface area (Å²) in [6, 6.07) is 59.2. The van der Waals surface area contributed by atoms with Crippen LogP contribution in [-0.2, 0) is 6.42 Å². The van der Waals surface area contributed by atoms with E-state index < -0.39 is 0 Å². The second kappa shape index (κ2) is 10.9. The van der Waals surface area contributed by atoms with Crippen LogP contribution in [0.2, 0.25) is 0 Å². The van der Waals surface area contributed by atoms with Gasteiger partial charge in [0.15, 0.2) is 0 Å². The van der Waals surface area contributed by atoms with Crippen LogP contribution in [0.3, 0.4) is 0 Å². The first kappa shape index (κ1) is 29.0. The lowest BCUT2D eigenvalue weighted by atomic mass is 9.93. The second-order valence-electron chi connectivity index (χ2n) is 14.1. The minimum absolute atomic E-state index is 0.676. The Kier molecular flexibility index (Phi) is 5.99. The Morgan fingerprint density at radius 2 is 1.17 bits per heavy atom. The third-order valence-corrected chi connectivity index (χ3v) is 12.5. The van der Waals surface area contributed by atoms with Crippen molar-refractivity contribution in [1.82, 2.24) is 14.5 Å². The van der Waals surface area contributed by atoms with E-state index in [0.717, 1.165) is 39.6 Å². The summed E-state index contributed by atoms with van der Waals surface area (Å²) in [6.07, 6.45) is 0.961. The predicted octanol–water partition coefficient (Wildman–Crippen LogP) is 13.2. The van der Waals surface area contributed by atoms with Crippen molar-refractivity contribution in [1.29, 1.82) is 0 Å². The van der Waals surface area contributed by atoms with E-state index in [4.69, 9.17) is 9.97 Å². The number of rotatable bonds is 3. The van der Waals surface area contributed by atoms with Gasteiger partial charge in [0.05, 0.1) is 22.2 Å². The number of hydrogen-bond donors (Lipinski definition) is 0. The van der Waals surface area contributed by atoms with Gasteiger partial charge in [0.25, 0.3) is 0 Å². The van der Waals surface area contributed by atoms with Gasteiger partial charge in [-0.25, -0.2) is 9.97 Å². The number of para-hydroxylation sites is 2. The Labute approximate surface area is 309 Å². The fourth-order valence-corrected chi connectivity index (χ4v) is 10.1. The molecule has 53 heavy (non-hydrogen) atoms. The minimum Gasteiger partial charge on any atom is -0.278 e. The van der Waals surface area contributed by atoms with E-state index in [1.165, 1.54) is 75.1 Å². The average molecular weight is 692 g/mol. The number of fused-ring (bicyclic) bond motifs is 14. The van der Waals surface area contributed by atoms with Crippen molar-refractivity contribution in [3.05, 3.63) is 175 Å². The monoisotopic (exact) mass is 691 g/mol. The topological polar surface area (TPSA) is 30.7 Å². The minimum atomic E-state index is 0.676. The fourth-order valence-electron chi connectivity index (χ4n) is 8.88. The zero-order valence-electron chi connectivity index (χ0n) is 28.5. The van der Waals surface area contributed by atoms with Crippen LogP contribution in [0, 0.1) is 0 Å². The summed E-state index contributed by atoms with van der Waals surface area (Å²) in [6.45, 7) is 0. The molecule has 12 rings (SSSR count). The van der Waals surface area contributed by atoms with E-state index in [0.29, 0.717) is 5.95 Å². The summed E-state index contributed by atoms with van der Waals surface area (Å²) in [7, 11) is 0.